The number of fused-ring (bicyclic) bond motifs is 1. The van der Waals surface area contributed by atoms with Crippen molar-refractivity contribution in [2.75, 3.05) is 6.54 Å². The highest BCUT2D eigenvalue weighted by Crippen LogP contribution is 2.29. The van der Waals surface area contributed by atoms with E-state index in [0.29, 0.717) is 0 Å². The van der Waals surface area contributed by atoms with E-state index in [1.165, 1.54) is 0 Å². The fourth-order valence-electron chi connectivity index (χ4n) is 2.23. The van der Waals surface area contributed by atoms with Crippen molar-refractivity contribution in [3.63, 3.8) is 0 Å². The SMILES string of the molecule is O=C(Cc1cccnc1)NCC(O)c1cc2ccccc2s1. The zero-order valence-corrected chi connectivity index (χ0v) is 12.7. The van der Waals surface area contributed by atoms with Crippen LogP contribution in [0.3, 0.4) is 0 Å². The molecule has 5 heteroatoms. The summed E-state index contributed by atoms with van der Waals surface area (Å²) in [6.07, 6.45) is 2.93. The van der Waals surface area contributed by atoms with E-state index >= 15 is 0 Å². The quantitative estimate of drug-likeness (QED) is 0.761. The molecule has 0 bridgehead atoms. The second-order valence-corrected chi connectivity index (χ2v) is 6.16. The molecule has 0 saturated heterocycles. The van der Waals surface area contributed by atoms with E-state index in [0.717, 1.165) is 20.5 Å². The van der Waals surface area contributed by atoms with Crippen LogP contribution in [0.5, 0.6) is 0 Å². The van der Waals surface area contributed by atoms with Crippen LogP contribution in [-0.4, -0.2) is 22.5 Å². The minimum atomic E-state index is -0.685. The Hall–Kier alpha value is -2.24. The maximum atomic E-state index is 11.9. The van der Waals surface area contributed by atoms with Crippen molar-refractivity contribution in [1.29, 1.82) is 0 Å². The Labute approximate surface area is 132 Å². The van der Waals surface area contributed by atoms with Gasteiger partial charge in [-0.1, -0.05) is 24.3 Å². The predicted octanol–water partition coefficient (Wildman–Crippen LogP) is 2.69. The molecule has 3 rings (SSSR count). The third-order valence-electron chi connectivity index (χ3n) is 3.35. The van der Waals surface area contributed by atoms with Gasteiger partial charge >= 0.3 is 0 Å². The molecule has 112 valence electrons. The van der Waals surface area contributed by atoms with Gasteiger partial charge in [0.15, 0.2) is 0 Å². The van der Waals surface area contributed by atoms with Crippen molar-refractivity contribution in [2.45, 2.75) is 12.5 Å². The van der Waals surface area contributed by atoms with Crippen LogP contribution in [-0.2, 0) is 11.2 Å². The van der Waals surface area contributed by atoms with Gasteiger partial charge in [-0.3, -0.25) is 9.78 Å². The molecule has 4 nitrogen and oxygen atoms in total. The van der Waals surface area contributed by atoms with Gasteiger partial charge in [-0.15, -0.1) is 11.3 Å². The van der Waals surface area contributed by atoms with Gasteiger partial charge in [-0.05, 0) is 29.1 Å². The Morgan fingerprint density at radius 1 is 1.27 bits per heavy atom. The van der Waals surface area contributed by atoms with Crippen LogP contribution in [0.15, 0.2) is 54.9 Å². The normalized spacial score (nSPS) is 12.2. The molecule has 2 aromatic heterocycles. The first-order valence-corrected chi connectivity index (χ1v) is 7.86. The third-order valence-corrected chi connectivity index (χ3v) is 4.57. The molecule has 0 fully saturated rings. The topological polar surface area (TPSA) is 62.2 Å². The molecule has 1 unspecified atom stereocenters. The molecule has 1 amide bonds. The van der Waals surface area contributed by atoms with Crippen molar-refractivity contribution >= 4 is 27.3 Å². The number of hydrogen-bond acceptors (Lipinski definition) is 4. The largest absolute Gasteiger partial charge is 0.386 e. The van der Waals surface area contributed by atoms with Crippen LogP contribution in [0, 0.1) is 0 Å². The second-order valence-electron chi connectivity index (χ2n) is 5.04. The fraction of sp³-hybridized carbons (Fsp3) is 0.176. The van der Waals surface area contributed by atoms with Crippen molar-refractivity contribution < 1.29 is 9.90 Å². The summed E-state index contributed by atoms with van der Waals surface area (Å²) in [4.78, 5) is 16.7. The number of thiophene rings is 1. The molecule has 2 heterocycles. The van der Waals surface area contributed by atoms with Gasteiger partial charge in [-0.25, -0.2) is 0 Å². The van der Waals surface area contributed by atoms with E-state index in [-0.39, 0.29) is 18.9 Å². The number of pyridine rings is 1. The summed E-state index contributed by atoms with van der Waals surface area (Å²) in [7, 11) is 0. The summed E-state index contributed by atoms with van der Waals surface area (Å²) >= 11 is 1.55. The van der Waals surface area contributed by atoms with Gasteiger partial charge in [0.1, 0.15) is 6.10 Å². The molecular weight excluding hydrogens is 296 g/mol. The lowest BCUT2D eigenvalue weighted by Gasteiger charge is -2.10. The molecule has 0 aliphatic heterocycles. The summed E-state index contributed by atoms with van der Waals surface area (Å²) in [6.45, 7) is 0.214. The third kappa shape index (κ3) is 3.50. The number of nitrogens with one attached hydrogen (secondary N) is 1. The van der Waals surface area contributed by atoms with Gasteiger partial charge in [0, 0.05) is 28.5 Å². The smallest absolute Gasteiger partial charge is 0.224 e. The summed E-state index contributed by atoms with van der Waals surface area (Å²) < 4.78 is 1.14. The van der Waals surface area contributed by atoms with Crippen LogP contribution in [0.1, 0.15) is 16.5 Å². The van der Waals surface area contributed by atoms with Crippen LogP contribution in [0.2, 0.25) is 0 Å². The lowest BCUT2D eigenvalue weighted by Crippen LogP contribution is -2.29. The Morgan fingerprint density at radius 3 is 2.91 bits per heavy atom. The summed E-state index contributed by atoms with van der Waals surface area (Å²) in [5, 5.41) is 14.1. The number of carbonyl (C=O) groups excluding carboxylic acids is 1. The number of benzene rings is 1. The van der Waals surface area contributed by atoms with E-state index in [1.807, 2.05) is 36.4 Å². The average Bonchev–Trinajstić information content (AvgIpc) is 2.98. The van der Waals surface area contributed by atoms with Crippen molar-refractivity contribution in [3.05, 3.63) is 65.3 Å². The monoisotopic (exact) mass is 312 g/mol. The summed E-state index contributed by atoms with van der Waals surface area (Å²) in [5.74, 6) is -0.117. The van der Waals surface area contributed by atoms with Gasteiger partial charge in [-0.2, -0.15) is 0 Å². The molecule has 0 aliphatic rings. The molecule has 22 heavy (non-hydrogen) atoms. The van der Waals surface area contributed by atoms with Crippen molar-refractivity contribution in [1.82, 2.24) is 10.3 Å². The van der Waals surface area contributed by atoms with Gasteiger partial charge in [0.25, 0.3) is 0 Å². The minimum absolute atomic E-state index is 0.117. The Kier molecular flexibility index (Phi) is 4.46. The van der Waals surface area contributed by atoms with E-state index in [4.69, 9.17) is 0 Å². The van der Waals surface area contributed by atoms with Crippen molar-refractivity contribution in [2.24, 2.45) is 0 Å². The van der Waals surface area contributed by atoms with Crippen LogP contribution >= 0.6 is 11.3 Å². The fourth-order valence-corrected chi connectivity index (χ4v) is 3.28. The number of aliphatic hydroxyl groups excluding tert-OH is 1. The number of nitrogens with zero attached hydrogens (tertiary/aromatic N) is 1. The standard InChI is InChI=1S/C17H16N2O2S/c20-14(16-9-13-5-1-2-6-15(13)22-16)11-19-17(21)8-12-4-3-7-18-10-12/h1-7,9-10,14,20H,8,11H2,(H,19,21). The molecule has 3 aromatic rings. The van der Waals surface area contributed by atoms with Crippen molar-refractivity contribution in [3.8, 4) is 0 Å². The average molecular weight is 312 g/mol. The number of aliphatic hydroxyl groups is 1. The first-order chi connectivity index (χ1) is 10.7. The lowest BCUT2D eigenvalue weighted by molar-refractivity contribution is -0.120. The minimum Gasteiger partial charge on any atom is -0.386 e. The molecule has 1 aromatic carbocycles. The second kappa shape index (κ2) is 6.68. The maximum Gasteiger partial charge on any atom is 0.224 e. The van der Waals surface area contributed by atoms with Gasteiger partial charge in [0.2, 0.25) is 5.91 Å². The van der Waals surface area contributed by atoms with E-state index in [1.54, 1.807) is 29.8 Å². The number of carbonyl (C=O) groups is 1. The highest BCUT2D eigenvalue weighted by atomic mass is 32.1. The van der Waals surface area contributed by atoms with Crippen LogP contribution in [0.25, 0.3) is 10.1 Å². The van der Waals surface area contributed by atoms with Gasteiger partial charge in [0.05, 0.1) is 6.42 Å². The zero-order valence-electron chi connectivity index (χ0n) is 11.9. The first-order valence-electron chi connectivity index (χ1n) is 7.04. The summed E-state index contributed by atoms with van der Waals surface area (Å²) in [6, 6.07) is 13.6. The van der Waals surface area contributed by atoms with E-state index < -0.39 is 6.10 Å². The number of aromatic nitrogens is 1. The predicted molar refractivity (Wildman–Crippen MR) is 87.7 cm³/mol. The molecular formula is C17H16N2O2S. The number of hydrogen-bond donors (Lipinski definition) is 2. The van der Waals surface area contributed by atoms with Crippen LogP contribution in [0.4, 0.5) is 0 Å². The highest BCUT2D eigenvalue weighted by molar-refractivity contribution is 7.19. The molecule has 0 spiro atoms. The van der Waals surface area contributed by atoms with Gasteiger partial charge < -0.3 is 10.4 Å². The Morgan fingerprint density at radius 2 is 2.14 bits per heavy atom. The Balaban J connectivity index is 1.57. The molecule has 0 aliphatic carbocycles. The molecule has 0 saturated carbocycles. The lowest BCUT2D eigenvalue weighted by atomic mass is 10.2. The highest BCUT2D eigenvalue weighted by Gasteiger charge is 2.13. The van der Waals surface area contributed by atoms with E-state index in [9.17, 15) is 9.90 Å². The molecule has 1 atom stereocenters. The van der Waals surface area contributed by atoms with Crippen LogP contribution < -0.4 is 5.32 Å². The Bertz CT molecular complexity index is 737. The number of rotatable bonds is 5. The first kappa shape index (κ1) is 14.7. The molecule has 2 N–H and O–H groups in total. The summed E-state index contributed by atoms with van der Waals surface area (Å²) in [5.41, 5.74) is 0.858. The zero-order chi connectivity index (χ0) is 15.4. The molecule has 0 radical (unpaired) electrons. The maximum absolute atomic E-state index is 11.9. The van der Waals surface area contributed by atoms with E-state index in [2.05, 4.69) is 10.3 Å². The number of amides is 1.